The van der Waals surface area contributed by atoms with Gasteiger partial charge in [0.05, 0.1) is 12.7 Å². The van der Waals surface area contributed by atoms with E-state index in [-0.39, 0.29) is 0 Å². The highest BCUT2D eigenvalue weighted by Gasteiger charge is 2.28. The number of hydrogen-bond acceptors (Lipinski definition) is 4. The summed E-state index contributed by atoms with van der Waals surface area (Å²) in [5, 5.41) is 9.25. The summed E-state index contributed by atoms with van der Waals surface area (Å²) in [5.41, 5.74) is 7.74. The molecule has 0 aromatic heterocycles. The van der Waals surface area contributed by atoms with E-state index in [1.807, 2.05) is 12.1 Å². The Morgan fingerprint density at radius 2 is 2.25 bits per heavy atom. The van der Waals surface area contributed by atoms with Crippen molar-refractivity contribution >= 4 is 0 Å². The third-order valence-corrected chi connectivity index (χ3v) is 4.25. The van der Waals surface area contributed by atoms with Crippen molar-refractivity contribution in [1.82, 2.24) is 4.90 Å². The van der Waals surface area contributed by atoms with E-state index >= 15 is 0 Å². The topological polar surface area (TPSA) is 62.3 Å². The van der Waals surface area contributed by atoms with Gasteiger partial charge in [-0.2, -0.15) is 5.26 Å². The van der Waals surface area contributed by atoms with Gasteiger partial charge >= 0.3 is 0 Å². The Morgan fingerprint density at radius 1 is 1.45 bits per heavy atom. The smallest absolute Gasteiger partial charge is 0.136 e. The average Bonchev–Trinajstić information content (AvgIpc) is 2.67. The molecule has 1 aromatic rings. The first kappa shape index (κ1) is 14.8. The van der Waals surface area contributed by atoms with Gasteiger partial charge in [-0.1, -0.05) is 12.5 Å². The quantitative estimate of drug-likeness (QED) is 0.918. The van der Waals surface area contributed by atoms with Gasteiger partial charge in [-0.25, -0.2) is 0 Å². The van der Waals surface area contributed by atoms with Gasteiger partial charge in [0.15, 0.2) is 0 Å². The van der Waals surface area contributed by atoms with Crippen molar-refractivity contribution in [3.05, 3.63) is 29.3 Å². The van der Waals surface area contributed by atoms with Crippen molar-refractivity contribution in [2.45, 2.75) is 25.3 Å². The van der Waals surface area contributed by atoms with E-state index in [2.05, 4.69) is 24.1 Å². The predicted molar refractivity (Wildman–Crippen MR) is 79.5 cm³/mol. The molecule has 2 unspecified atom stereocenters. The number of benzene rings is 1. The zero-order valence-electron chi connectivity index (χ0n) is 12.3. The molecular formula is C16H23N3O. The summed E-state index contributed by atoms with van der Waals surface area (Å²) in [6.45, 7) is 1.76. The largest absolute Gasteiger partial charge is 0.495 e. The van der Waals surface area contributed by atoms with Gasteiger partial charge in [0.2, 0.25) is 0 Å². The first-order valence-corrected chi connectivity index (χ1v) is 7.19. The standard InChI is InChI=1S/C16H23N3O/c1-19-8-4-3-5-13(10-17)16(19)12-6-7-15(20-2)14(9-12)11-18/h6-7,9,13,16H,3-5,8,10,17H2,1-2H3. The van der Waals surface area contributed by atoms with Crippen LogP contribution in [0.15, 0.2) is 18.2 Å². The van der Waals surface area contributed by atoms with E-state index in [0.29, 0.717) is 29.8 Å². The van der Waals surface area contributed by atoms with Gasteiger partial charge < -0.3 is 10.5 Å². The van der Waals surface area contributed by atoms with Gasteiger partial charge in [0, 0.05) is 6.04 Å². The van der Waals surface area contributed by atoms with Crippen molar-refractivity contribution in [2.24, 2.45) is 11.7 Å². The van der Waals surface area contributed by atoms with Crippen molar-refractivity contribution in [3.63, 3.8) is 0 Å². The van der Waals surface area contributed by atoms with Gasteiger partial charge in [0.1, 0.15) is 11.8 Å². The van der Waals surface area contributed by atoms with Crippen LogP contribution in [-0.4, -0.2) is 32.1 Å². The van der Waals surface area contributed by atoms with Gasteiger partial charge in [-0.05, 0) is 56.6 Å². The third-order valence-electron chi connectivity index (χ3n) is 4.25. The molecule has 0 spiro atoms. The Labute approximate surface area is 121 Å². The lowest BCUT2D eigenvalue weighted by Gasteiger charge is -2.32. The summed E-state index contributed by atoms with van der Waals surface area (Å²) < 4.78 is 5.22. The number of nitrogens with zero attached hydrogens (tertiary/aromatic N) is 2. The molecular weight excluding hydrogens is 250 g/mol. The van der Waals surface area contributed by atoms with E-state index in [9.17, 15) is 5.26 Å². The van der Waals surface area contributed by atoms with Crippen LogP contribution in [0.25, 0.3) is 0 Å². The molecule has 20 heavy (non-hydrogen) atoms. The monoisotopic (exact) mass is 273 g/mol. The van der Waals surface area contributed by atoms with Gasteiger partial charge in [0.25, 0.3) is 0 Å². The molecule has 0 radical (unpaired) electrons. The summed E-state index contributed by atoms with van der Waals surface area (Å²) in [6, 6.07) is 8.41. The van der Waals surface area contributed by atoms with Gasteiger partial charge in [-0.15, -0.1) is 0 Å². The number of hydrogen-bond donors (Lipinski definition) is 1. The maximum absolute atomic E-state index is 9.25. The van der Waals surface area contributed by atoms with E-state index in [0.717, 1.165) is 13.0 Å². The molecule has 0 aliphatic carbocycles. The molecule has 0 saturated carbocycles. The molecule has 2 atom stereocenters. The minimum atomic E-state index is 0.292. The molecule has 4 nitrogen and oxygen atoms in total. The van der Waals surface area contributed by atoms with E-state index < -0.39 is 0 Å². The Balaban J connectivity index is 2.38. The highest BCUT2D eigenvalue weighted by Crippen LogP contribution is 2.35. The molecule has 2 N–H and O–H groups in total. The number of nitriles is 1. The van der Waals surface area contributed by atoms with Crippen LogP contribution < -0.4 is 10.5 Å². The minimum absolute atomic E-state index is 0.292. The first-order valence-electron chi connectivity index (χ1n) is 7.19. The fourth-order valence-electron chi connectivity index (χ4n) is 3.19. The second-order valence-corrected chi connectivity index (χ2v) is 5.49. The molecule has 1 aromatic carbocycles. The van der Waals surface area contributed by atoms with Gasteiger partial charge in [-0.3, -0.25) is 4.90 Å². The van der Waals surface area contributed by atoms with E-state index in [1.54, 1.807) is 7.11 Å². The highest BCUT2D eigenvalue weighted by atomic mass is 16.5. The van der Waals surface area contributed by atoms with Crippen LogP contribution in [0.5, 0.6) is 5.75 Å². The molecule has 1 aliphatic heterocycles. The van der Waals surface area contributed by atoms with Crippen LogP contribution >= 0.6 is 0 Å². The molecule has 1 heterocycles. The summed E-state index contributed by atoms with van der Waals surface area (Å²) in [6.07, 6.45) is 3.59. The lowest BCUT2D eigenvalue weighted by Crippen LogP contribution is -2.33. The highest BCUT2D eigenvalue weighted by molar-refractivity contribution is 5.46. The predicted octanol–water partition coefficient (Wildman–Crippen LogP) is 2.30. The second-order valence-electron chi connectivity index (χ2n) is 5.49. The molecule has 0 bridgehead atoms. The van der Waals surface area contributed by atoms with Crippen LogP contribution in [0.1, 0.15) is 36.4 Å². The maximum Gasteiger partial charge on any atom is 0.136 e. The van der Waals surface area contributed by atoms with Crippen molar-refractivity contribution in [1.29, 1.82) is 5.26 Å². The SMILES string of the molecule is COc1ccc(C2C(CN)CCCCN2C)cc1C#N. The van der Waals surface area contributed by atoms with Crippen LogP contribution in [0.3, 0.4) is 0 Å². The molecule has 1 saturated heterocycles. The normalized spacial score (nSPS) is 23.9. The Kier molecular flexibility index (Phi) is 4.99. The number of nitrogens with two attached hydrogens (primary N) is 1. The average molecular weight is 273 g/mol. The Bertz CT molecular complexity index is 495. The second kappa shape index (κ2) is 6.74. The lowest BCUT2D eigenvalue weighted by atomic mass is 9.88. The van der Waals surface area contributed by atoms with Crippen LogP contribution in [0.2, 0.25) is 0 Å². The Morgan fingerprint density at radius 3 is 2.90 bits per heavy atom. The molecule has 1 aliphatic rings. The number of ether oxygens (including phenoxy) is 1. The van der Waals surface area contributed by atoms with E-state index in [4.69, 9.17) is 10.5 Å². The molecule has 2 rings (SSSR count). The van der Waals surface area contributed by atoms with Crippen molar-refractivity contribution in [2.75, 3.05) is 27.2 Å². The van der Waals surface area contributed by atoms with Crippen LogP contribution in [0.4, 0.5) is 0 Å². The molecule has 1 fully saturated rings. The van der Waals surface area contributed by atoms with Crippen LogP contribution in [-0.2, 0) is 0 Å². The minimum Gasteiger partial charge on any atom is -0.495 e. The zero-order chi connectivity index (χ0) is 14.5. The zero-order valence-corrected chi connectivity index (χ0v) is 12.3. The third kappa shape index (κ3) is 2.95. The van der Waals surface area contributed by atoms with Crippen molar-refractivity contribution < 1.29 is 4.74 Å². The fourth-order valence-corrected chi connectivity index (χ4v) is 3.19. The summed E-state index contributed by atoms with van der Waals surface area (Å²) in [5.74, 6) is 1.08. The maximum atomic E-state index is 9.25. The van der Waals surface area contributed by atoms with Crippen LogP contribution in [0, 0.1) is 17.2 Å². The molecule has 108 valence electrons. The molecule has 4 heteroatoms. The number of likely N-dealkylation sites (tertiary alicyclic amines) is 1. The molecule has 0 amide bonds. The Hall–Kier alpha value is -1.57. The van der Waals surface area contributed by atoms with Crippen molar-refractivity contribution in [3.8, 4) is 11.8 Å². The first-order chi connectivity index (χ1) is 9.71. The number of methoxy groups -OCH3 is 1. The lowest BCUT2D eigenvalue weighted by molar-refractivity contribution is 0.196. The summed E-state index contributed by atoms with van der Waals surface area (Å²) in [7, 11) is 3.74. The summed E-state index contributed by atoms with van der Waals surface area (Å²) in [4.78, 5) is 2.37. The number of rotatable bonds is 3. The summed E-state index contributed by atoms with van der Waals surface area (Å²) >= 11 is 0. The fraction of sp³-hybridized carbons (Fsp3) is 0.562. The van der Waals surface area contributed by atoms with E-state index in [1.165, 1.54) is 18.4 Å².